The van der Waals surface area contributed by atoms with E-state index in [9.17, 15) is 9.90 Å². The molecule has 1 N–H and O–H groups in total. The maximum atomic E-state index is 11.2. The summed E-state index contributed by atoms with van der Waals surface area (Å²) in [5.41, 5.74) is 1.95. The van der Waals surface area contributed by atoms with Gasteiger partial charge in [-0.25, -0.2) is 4.79 Å². The number of pyridine rings is 1. The summed E-state index contributed by atoms with van der Waals surface area (Å²) in [6.45, 7) is 0. The zero-order valence-corrected chi connectivity index (χ0v) is 8.51. The lowest BCUT2D eigenvalue weighted by Gasteiger charge is -2.15. The minimum absolute atomic E-state index is 0.214. The van der Waals surface area contributed by atoms with E-state index in [1.165, 1.54) is 7.11 Å². The first-order chi connectivity index (χ1) is 7.24. The van der Waals surface area contributed by atoms with Crippen LogP contribution in [-0.2, 0) is 16.0 Å². The summed E-state index contributed by atoms with van der Waals surface area (Å²) in [5, 5.41) is 9.75. The van der Waals surface area contributed by atoms with Gasteiger partial charge in [0.2, 0.25) is 0 Å². The minimum atomic E-state index is -1.09. The number of aliphatic hydroxyl groups is 1. The van der Waals surface area contributed by atoms with Gasteiger partial charge in [-0.15, -0.1) is 0 Å². The number of aliphatic hydroxyl groups excluding tert-OH is 1. The smallest absolute Gasteiger partial charge is 0.335 e. The molecule has 1 aliphatic carbocycles. The Morgan fingerprint density at radius 3 is 3.27 bits per heavy atom. The van der Waals surface area contributed by atoms with E-state index < -0.39 is 12.1 Å². The predicted octanol–water partition coefficient (Wildman–Crippen LogP) is 0.645. The summed E-state index contributed by atoms with van der Waals surface area (Å²) in [4.78, 5) is 15.4. The van der Waals surface area contributed by atoms with Crippen LogP contribution in [0.15, 0.2) is 18.3 Å². The molecule has 0 radical (unpaired) electrons. The van der Waals surface area contributed by atoms with Gasteiger partial charge in [0.1, 0.15) is 0 Å². The average Bonchev–Trinajstić information content (AvgIpc) is 2.70. The van der Waals surface area contributed by atoms with Crippen molar-refractivity contribution in [3.05, 3.63) is 29.6 Å². The Labute approximate surface area is 87.9 Å². The van der Waals surface area contributed by atoms with Crippen LogP contribution in [0.1, 0.15) is 23.6 Å². The van der Waals surface area contributed by atoms with Crippen LogP contribution in [0, 0.1) is 0 Å². The number of hydrogen-bond donors (Lipinski definition) is 1. The van der Waals surface area contributed by atoms with Crippen molar-refractivity contribution in [3.63, 3.8) is 0 Å². The zero-order valence-electron chi connectivity index (χ0n) is 8.51. The molecule has 0 aromatic carbocycles. The highest BCUT2D eigenvalue weighted by atomic mass is 16.5. The Balaban J connectivity index is 2.24. The van der Waals surface area contributed by atoms with Gasteiger partial charge >= 0.3 is 5.97 Å². The molecule has 0 fully saturated rings. The van der Waals surface area contributed by atoms with E-state index in [0.29, 0.717) is 0 Å². The van der Waals surface area contributed by atoms with E-state index in [4.69, 9.17) is 0 Å². The largest absolute Gasteiger partial charge is 0.467 e. The number of aryl methyl sites for hydroxylation is 1. The fourth-order valence-electron chi connectivity index (χ4n) is 2.04. The molecule has 0 spiro atoms. The van der Waals surface area contributed by atoms with Crippen LogP contribution in [0.4, 0.5) is 0 Å². The monoisotopic (exact) mass is 207 g/mol. The van der Waals surface area contributed by atoms with E-state index in [0.717, 1.165) is 24.1 Å². The molecule has 1 aromatic rings. The minimum Gasteiger partial charge on any atom is -0.467 e. The molecule has 1 aromatic heterocycles. The molecular formula is C11H13NO3. The van der Waals surface area contributed by atoms with Crippen LogP contribution in [0.3, 0.4) is 0 Å². The second-order valence-electron chi connectivity index (χ2n) is 3.66. The van der Waals surface area contributed by atoms with E-state index in [1.807, 2.05) is 12.1 Å². The Hall–Kier alpha value is -1.42. The zero-order chi connectivity index (χ0) is 10.8. The maximum absolute atomic E-state index is 11.2. The van der Waals surface area contributed by atoms with Crippen molar-refractivity contribution in [2.75, 3.05) is 7.11 Å². The van der Waals surface area contributed by atoms with Gasteiger partial charge in [0.15, 0.2) is 6.10 Å². The second-order valence-corrected chi connectivity index (χ2v) is 3.66. The van der Waals surface area contributed by atoms with Gasteiger partial charge in [0, 0.05) is 17.8 Å². The number of esters is 1. The van der Waals surface area contributed by atoms with Crippen molar-refractivity contribution in [3.8, 4) is 0 Å². The summed E-state index contributed by atoms with van der Waals surface area (Å²) in [5.74, 6) is -0.799. The second kappa shape index (κ2) is 3.98. The summed E-state index contributed by atoms with van der Waals surface area (Å²) in [6.07, 6.45) is 2.21. The maximum Gasteiger partial charge on any atom is 0.335 e. The SMILES string of the molecule is COC(=O)C(O)C1CCc2cccnc21. The molecule has 0 saturated carbocycles. The van der Waals surface area contributed by atoms with E-state index in [1.54, 1.807) is 6.20 Å². The fraction of sp³-hybridized carbons (Fsp3) is 0.455. The Morgan fingerprint density at radius 2 is 2.53 bits per heavy atom. The van der Waals surface area contributed by atoms with Gasteiger partial charge in [-0.3, -0.25) is 4.98 Å². The first kappa shape index (κ1) is 10.1. The van der Waals surface area contributed by atoms with Crippen molar-refractivity contribution in [1.82, 2.24) is 4.98 Å². The van der Waals surface area contributed by atoms with Crippen molar-refractivity contribution in [2.45, 2.75) is 24.9 Å². The molecule has 15 heavy (non-hydrogen) atoms. The van der Waals surface area contributed by atoms with Crippen LogP contribution >= 0.6 is 0 Å². The van der Waals surface area contributed by atoms with Gasteiger partial charge in [-0.1, -0.05) is 6.07 Å². The number of nitrogens with zero attached hydrogens (tertiary/aromatic N) is 1. The third-order valence-corrected chi connectivity index (χ3v) is 2.83. The Kier molecular flexibility index (Phi) is 2.68. The average molecular weight is 207 g/mol. The molecular weight excluding hydrogens is 194 g/mol. The molecule has 1 aliphatic rings. The van der Waals surface area contributed by atoms with Gasteiger partial charge in [0.25, 0.3) is 0 Å². The number of aromatic nitrogens is 1. The number of hydrogen-bond acceptors (Lipinski definition) is 4. The summed E-state index contributed by atoms with van der Waals surface area (Å²) in [6, 6.07) is 3.85. The highest BCUT2D eigenvalue weighted by molar-refractivity contribution is 5.75. The quantitative estimate of drug-likeness (QED) is 0.723. The first-order valence-electron chi connectivity index (χ1n) is 4.93. The third-order valence-electron chi connectivity index (χ3n) is 2.83. The Morgan fingerprint density at radius 1 is 1.73 bits per heavy atom. The topological polar surface area (TPSA) is 59.4 Å². The number of carbonyl (C=O) groups excluding carboxylic acids is 1. The molecule has 0 aliphatic heterocycles. The van der Waals surface area contributed by atoms with Gasteiger partial charge in [-0.05, 0) is 24.5 Å². The standard InChI is InChI=1S/C11H13NO3/c1-15-11(14)10(13)8-5-4-7-3-2-6-12-9(7)8/h2-3,6,8,10,13H,4-5H2,1H3. The van der Waals surface area contributed by atoms with Gasteiger partial charge in [-0.2, -0.15) is 0 Å². The van der Waals surface area contributed by atoms with Crippen molar-refractivity contribution in [2.24, 2.45) is 0 Å². The number of fused-ring (bicyclic) bond motifs is 1. The lowest BCUT2D eigenvalue weighted by atomic mass is 10.00. The van der Waals surface area contributed by atoms with Crippen LogP contribution in [0.25, 0.3) is 0 Å². The highest BCUT2D eigenvalue weighted by Gasteiger charge is 2.34. The summed E-state index contributed by atoms with van der Waals surface area (Å²) >= 11 is 0. The third kappa shape index (κ3) is 1.72. The lowest BCUT2D eigenvalue weighted by Crippen LogP contribution is -2.28. The molecule has 2 rings (SSSR count). The molecule has 1 heterocycles. The van der Waals surface area contributed by atoms with Crippen LogP contribution in [0.5, 0.6) is 0 Å². The van der Waals surface area contributed by atoms with E-state index in [-0.39, 0.29) is 5.92 Å². The van der Waals surface area contributed by atoms with Crippen molar-refractivity contribution >= 4 is 5.97 Å². The molecule has 0 saturated heterocycles. The molecule has 80 valence electrons. The normalized spacial score (nSPS) is 20.8. The van der Waals surface area contributed by atoms with Crippen LogP contribution in [-0.4, -0.2) is 29.3 Å². The summed E-state index contributed by atoms with van der Waals surface area (Å²) in [7, 11) is 1.28. The van der Waals surface area contributed by atoms with Crippen molar-refractivity contribution in [1.29, 1.82) is 0 Å². The Bertz CT molecular complexity index is 378. The molecule has 2 atom stereocenters. The van der Waals surface area contributed by atoms with Gasteiger partial charge in [0.05, 0.1) is 7.11 Å². The molecule has 4 nitrogen and oxygen atoms in total. The van der Waals surface area contributed by atoms with E-state index in [2.05, 4.69) is 9.72 Å². The number of rotatable bonds is 2. The van der Waals surface area contributed by atoms with Crippen molar-refractivity contribution < 1.29 is 14.6 Å². The fourth-order valence-corrected chi connectivity index (χ4v) is 2.04. The van der Waals surface area contributed by atoms with Crippen LogP contribution in [0.2, 0.25) is 0 Å². The molecule has 0 amide bonds. The molecule has 0 bridgehead atoms. The lowest BCUT2D eigenvalue weighted by molar-refractivity contribution is -0.151. The molecule has 2 unspecified atom stereocenters. The summed E-state index contributed by atoms with van der Waals surface area (Å²) < 4.78 is 4.52. The highest BCUT2D eigenvalue weighted by Crippen LogP contribution is 2.33. The molecule has 4 heteroatoms. The number of methoxy groups -OCH3 is 1. The predicted molar refractivity (Wildman–Crippen MR) is 53.3 cm³/mol. The number of carbonyl (C=O) groups is 1. The number of ether oxygens (including phenoxy) is 1. The van der Waals surface area contributed by atoms with E-state index >= 15 is 0 Å². The first-order valence-corrected chi connectivity index (χ1v) is 4.93. The van der Waals surface area contributed by atoms with Gasteiger partial charge < -0.3 is 9.84 Å². The van der Waals surface area contributed by atoms with Crippen LogP contribution < -0.4 is 0 Å².